The van der Waals surface area contributed by atoms with Crippen molar-refractivity contribution < 1.29 is 31.8 Å². The lowest BCUT2D eigenvalue weighted by atomic mass is 10.1. The quantitative estimate of drug-likeness (QED) is 0.633. The molecule has 1 saturated heterocycles. The first-order chi connectivity index (χ1) is 13.7. The first kappa shape index (κ1) is 19.7. The summed E-state index contributed by atoms with van der Waals surface area (Å²) in [6.07, 6.45) is -4.98. The van der Waals surface area contributed by atoms with Crippen molar-refractivity contribution in [2.45, 2.75) is 38.4 Å². The molecule has 2 amide bonds. The standard InChI is InChI=1S/C18H17F4N3O3S/c1-11-10-25(16(29-11)23-15(26)24-7-3-2-4-8-24)12-5-6-13-14(9-12)28-18(21,22)17(19,20)27-13/h5-6,9-10H,2-4,7-8H2,1H3. The third-order valence-electron chi connectivity index (χ3n) is 4.61. The second kappa shape index (κ2) is 7.05. The predicted octanol–water partition coefficient (Wildman–Crippen LogP) is 4.31. The summed E-state index contributed by atoms with van der Waals surface area (Å²) in [6.45, 7) is 3.08. The molecule has 0 aliphatic carbocycles. The van der Waals surface area contributed by atoms with Gasteiger partial charge in [-0.15, -0.1) is 11.3 Å². The molecule has 6 nitrogen and oxygen atoms in total. The highest BCUT2D eigenvalue weighted by Crippen LogP contribution is 2.47. The molecule has 0 saturated carbocycles. The van der Waals surface area contributed by atoms with Crippen molar-refractivity contribution in [3.8, 4) is 17.2 Å². The van der Waals surface area contributed by atoms with Gasteiger partial charge in [0, 0.05) is 30.2 Å². The van der Waals surface area contributed by atoms with Crippen LogP contribution in [-0.4, -0.2) is 40.8 Å². The molecule has 0 spiro atoms. The van der Waals surface area contributed by atoms with Crippen LogP contribution in [0.5, 0.6) is 11.5 Å². The minimum absolute atomic E-state index is 0.322. The number of fused-ring (bicyclic) bond motifs is 1. The first-order valence-electron chi connectivity index (χ1n) is 8.97. The Morgan fingerprint density at radius 3 is 2.41 bits per heavy atom. The van der Waals surface area contributed by atoms with Crippen LogP contribution >= 0.6 is 11.3 Å². The van der Waals surface area contributed by atoms with E-state index in [1.807, 2.05) is 0 Å². The maximum atomic E-state index is 13.5. The van der Waals surface area contributed by atoms with Gasteiger partial charge in [-0.1, -0.05) is 0 Å². The van der Waals surface area contributed by atoms with E-state index in [2.05, 4.69) is 14.5 Å². The Kier molecular flexibility index (Phi) is 4.80. The van der Waals surface area contributed by atoms with Crippen LogP contribution in [0.4, 0.5) is 22.4 Å². The van der Waals surface area contributed by atoms with E-state index in [0.29, 0.717) is 23.6 Å². The van der Waals surface area contributed by atoms with Crippen molar-refractivity contribution in [1.82, 2.24) is 9.47 Å². The van der Waals surface area contributed by atoms with Crippen LogP contribution in [0.3, 0.4) is 0 Å². The Morgan fingerprint density at radius 1 is 1.07 bits per heavy atom. The van der Waals surface area contributed by atoms with Gasteiger partial charge in [0.05, 0.1) is 5.69 Å². The van der Waals surface area contributed by atoms with E-state index in [1.54, 1.807) is 18.0 Å². The molecular weight excluding hydrogens is 414 g/mol. The van der Waals surface area contributed by atoms with Gasteiger partial charge in [-0.25, -0.2) is 4.79 Å². The number of ether oxygens (including phenoxy) is 2. The molecule has 0 atom stereocenters. The Hall–Kier alpha value is -2.56. The molecule has 1 aromatic carbocycles. The normalized spacial score (nSPS) is 20.6. The second-order valence-electron chi connectivity index (χ2n) is 6.81. The van der Waals surface area contributed by atoms with Crippen molar-refractivity contribution in [3.63, 3.8) is 0 Å². The number of aryl methyl sites for hydroxylation is 1. The van der Waals surface area contributed by atoms with Gasteiger partial charge in [0.2, 0.25) is 0 Å². The summed E-state index contributed by atoms with van der Waals surface area (Å²) in [7, 11) is 0. The highest BCUT2D eigenvalue weighted by molar-refractivity contribution is 7.09. The van der Waals surface area contributed by atoms with E-state index in [-0.39, 0.29) is 6.03 Å². The summed E-state index contributed by atoms with van der Waals surface area (Å²) < 4.78 is 63.4. The molecule has 29 heavy (non-hydrogen) atoms. The molecule has 2 aliphatic heterocycles. The lowest BCUT2D eigenvalue weighted by molar-refractivity contribution is -0.391. The summed E-state index contributed by atoms with van der Waals surface area (Å²) in [5.41, 5.74) is 0.322. The molecule has 0 radical (unpaired) electrons. The Labute approximate surface area is 167 Å². The largest absolute Gasteiger partial charge is 0.507 e. The Bertz CT molecular complexity index is 1010. The number of likely N-dealkylation sites (tertiary alicyclic amines) is 1. The van der Waals surface area contributed by atoms with Crippen LogP contribution in [0.2, 0.25) is 0 Å². The van der Waals surface area contributed by atoms with Crippen LogP contribution in [0.15, 0.2) is 29.4 Å². The maximum absolute atomic E-state index is 13.5. The molecule has 1 aromatic heterocycles. The van der Waals surface area contributed by atoms with Gasteiger partial charge in [0.1, 0.15) is 0 Å². The van der Waals surface area contributed by atoms with Crippen LogP contribution in [0.1, 0.15) is 24.1 Å². The number of rotatable bonds is 1. The molecule has 0 unspecified atom stereocenters. The number of carbonyl (C=O) groups is 1. The number of nitrogens with zero attached hydrogens (tertiary/aromatic N) is 3. The monoisotopic (exact) mass is 431 g/mol. The number of halogens is 4. The van der Waals surface area contributed by atoms with Crippen LogP contribution in [-0.2, 0) is 0 Å². The molecule has 156 valence electrons. The van der Waals surface area contributed by atoms with Crippen molar-refractivity contribution in [2.75, 3.05) is 13.1 Å². The second-order valence-corrected chi connectivity index (χ2v) is 8.02. The van der Waals surface area contributed by atoms with Crippen molar-refractivity contribution >= 4 is 17.4 Å². The van der Waals surface area contributed by atoms with Crippen molar-refractivity contribution in [1.29, 1.82) is 0 Å². The van der Waals surface area contributed by atoms with E-state index in [0.717, 1.165) is 36.3 Å². The van der Waals surface area contributed by atoms with Gasteiger partial charge >= 0.3 is 18.2 Å². The number of amides is 2. The average molecular weight is 431 g/mol. The minimum Gasteiger partial charge on any atom is -0.421 e. The molecule has 3 heterocycles. The number of urea groups is 1. The molecule has 11 heteroatoms. The molecule has 1 fully saturated rings. The van der Waals surface area contributed by atoms with Gasteiger partial charge in [-0.2, -0.15) is 22.6 Å². The number of benzene rings is 1. The summed E-state index contributed by atoms with van der Waals surface area (Å²) in [5, 5.41) is 0. The summed E-state index contributed by atoms with van der Waals surface area (Å²) >= 11 is 1.25. The fraction of sp³-hybridized carbons (Fsp3) is 0.444. The predicted molar refractivity (Wildman–Crippen MR) is 95.9 cm³/mol. The molecular formula is C18H17F4N3O3S. The number of aromatic nitrogens is 1. The van der Waals surface area contributed by atoms with E-state index in [4.69, 9.17) is 0 Å². The van der Waals surface area contributed by atoms with E-state index < -0.39 is 23.7 Å². The molecule has 4 rings (SSSR count). The molecule has 0 bridgehead atoms. The van der Waals surface area contributed by atoms with E-state index in [1.165, 1.54) is 22.0 Å². The average Bonchev–Trinajstić information content (AvgIpc) is 3.02. The molecule has 2 aliphatic rings. The van der Waals surface area contributed by atoms with Gasteiger partial charge in [-0.05, 0) is 38.3 Å². The van der Waals surface area contributed by atoms with Crippen molar-refractivity contribution in [3.05, 3.63) is 34.1 Å². The fourth-order valence-electron chi connectivity index (χ4n) is 3.16. The maximum Gasteiger partial charge on any atom is 0.507 e. The van der Waals surface area contributed by atoms with E-state index >= 15 is 0 Å². The molecule has 0 N–H and O–H groups in total. The summed E-state index contributed by atoms with van der Waals surface area (Å²) in [6, 6.07) is 3.29. The van der Waals surface area contributed by atoms with Gasteiger partial charge in [0.15, 0.2) is 16.3 Å². The highest BCUT2D eigenvalue weighted by Gasteiger charge is 2.65. The van der Waals surface area contributed by atoms with Crippen LogP contribution in [0.25, 0.3) is 5.69 Å². The fourth-order valence-corrected chi connectivity index (χ4v) is 3.99. The Balaban J connectivity index is 1.70. The molecule has 2 aromatic rings. The van der Waals surface area contributed by atoms with Crippen molar-refractivity contribution in [2.24, 2.45) is 4.99 Å². The van der Waals surface area contributed by atoms with Crippen LogP contribution < -0.4 is 14.3 Å². The zero-order valence-electron chi connectivity index (χ0n) is 15.3. The number of piperidine rings is 1. The lowest BCUT2D eigenvalue weighted by Gasteiger charge is -2.31. The number of hydrogen-bond acceptors (Lipinski definition) is 4. The van der Waals surface area contributed by atoms with E-state index in [9.17, 15) is 22.4 Å². The third kappa shape index (κ3) is 3.70. The van der Waals surface area contributed by atoms with Gasteiger partial charge in [0.25, 0.3) is 0 Å². The topological polar surface area (TPSA) is 56.1 Å². The zero-order chi connectivity index (χ0) is 20.8. The first-order valence-corrected chi connectivity index (χ1v) is 9.79. The SMILES string of the molecule is Cc1cn(-c2ccc3c(c2)OC(F)(F)C(F)(F)O3)c(=NC(=O)N2CCCCC2)s1. The third-order valence-corrected chi connectivity index (χ3v) is 5.51. The Morgan fingerprint density at radius 2 is 1.72 bits per heavy atom. The number of alkyl halides is 4. The smallest absolute Gasteiger partial charge is 0.421 e. The van der Waals surface area contributed by atoms with Gasteiger partial charge < -0.3 is 14.4 Å². The zero-order valence-corrected chi connectivity index (χ0v) is 16.1. The van der Waals surface area contributed by atoms with Crippen LogP contribution in [0, 0.1) is 6.92 Å². The van der Waals surface area contributed by atoms with Gasteiger partial charge in [-0.3, -0.25) is 4.57 Å². The lowest BCUT2D eigenvalue weighted by Crippen LogP contribution is -2.52. The number of carbonyl (C=O) groups excluding carboxylic acids is 1. The number of thiazole rings is 1. The summed E-state index contributed by atoms with van der Waals surface area (Å²) in [4.78, 5) is 19.5. The number of hydrogen-bond donors (Lipinski definition) is 0. The summed E-state index contributed by atoms with van der Waals surface area (Å²) in [5.74, 6) is -1.02. The highest BCUT2D eigenvalue weighted by atomic mass is 32.1. The minimum atomic E-state index is -4.80.